The van der Waals surface area contributed by atoms with Gasteiger partial charge >= 0.3 is 24.2 Å². The molecule has 2 atom stereocenters. The average molecular weight is 716 g/mol. The van der Waals surface area contributed by atoms with E-state index in [0.717, 1.165) is 28.0 Å². The molecule has 48 heavy (non-hydrogen) atoms. The van der Waals surface area contributed by atoms with E-state index in [0.29, 0.717) is 32.5 Å². The molecule has 0 radical (unpaired) electrons. The van der Waals surface area contributed by atoms with Crippen molar-refractivity contribution < 1.29 is 56.6 Å². The minimum absolute atomic E-state index is 0.0350. The van der Waals surface area contributed by atoms with E-state index in [1.54, 1.807) is 16.7 Å². The molecule has 0 unspecified atom stereocenters. The number of nitrogens with one attached hydrogen (secondary N) is 1. The molecule has 3 saturated heterocycles. The van der Waals surface area contributed by atoms with Crippen LogP contribution in [-0.2, 0) is 33.4 Å². The number of nitrogens with two attached hydrogens (primary N) is 1. The summed E-state index contributed by atoms with van der Waals surface area (Å²) in [5.74, 6) is -7.05. The van der Waals surface area contributed by atoms with E-state index >= 15 is 0 Å². The third-order valence-electron chi connectivity index (χ3n) is 7.91. The summed E-state index contributed by atoms with van der Waals surface area (Å²) >= 11 is 1.98. The number of β-lactam (4-membered cyclic amide) rings is 1. The maximum atomic E-state index is 13.4. The van der Waals surface area contributed by atoms with Crippen molar-refractivity contribution in [3.63, 3.8) is 0 Å². The highest BCUT2D eigenvalue weighted by molar-refractivity contribution is 8.00. The first-order valence-electron chi connectivity index (χ1n) is 14.4. The molecule has 21 heteroatoms. The molecule has 5 rings (SSSR count). The van der Waals surface area contributed by atoms with Gasteiger partial charge in [-0.25, -0.2) is 19.4 Å². The number of aromatic nitrogens is 1. The van der Waals surface area contributed by atoms with Crippen LogP contribution in [0.2, 0.25) is 0 Å². The minimum Gasteiger partial charge on any atom is -0.450 e. The predicted octanol–water partition coefficient (Wildman–Crippen LogP) is 0.969. The summed E-state index contributed by atoms with van der Waals surface area (Å²) in [5, 5.41) is 15.0. The highest BCUT2D eigenvalue weighted by Gasteiger charge is 2.55. The van der Waals surface area contributed by atoms with E-state index in [1.807, 2.05) is 0 Å². The van der Waals surface area contributed by atoms with E-state index in [2.05, 4.69) is 20.2 Å². The Morgan fingerprint density at radius 1 is 1.21 bits per heavy atom. The smallest absolute Gasteiger partial charge is 0.450 e. The summed E-state index contributed by atoms with van der Waals surface area (Å²) in [6, 6.07) is -1.52. The van der Waals surface area contributed by atoms with E-state index in [1.165, 1.54) is 11.5 Å². The summed E-state index contributed by atoms with van der Waals surface area (Å²) in [7, 11) is 0. The molecule has 4 aliphatic heterocycles. The molecule has 5 heterocycles. The number of rotatable bonds is 7. The normalized spacial score (nSPS) is 22.9. The zero-order chi connectivity index (χ0) is 34.9. The Balaban J connectivity index is 1.36. The van der Waals surface area contributed by atoms with E-state index in [9.17, 15) is 47.1 Å². The van der Waals surface area contributed by atoms with Crippen LogP contribution in [0.4, 0.5) is 23.1 Å². The van der Waals surface area contributed by atoms with Gasteiger partial charge in [0.1, 0.15) is 22.8 Å². The number of allylic oxidation sites excluding steroid dienone is 1. The molecular weight excluding hydrogens is 687 g/mol. The number of hydrogen-bond acceptors (Lipinski definition) is 14. The molecule has 0 saturated carbocycles. The monoisotopic (exact) mass is 715 g/mol. The fourth-order valence-electron chi connectivity index (χ4n) is 5.65. The number of thiazole rings is 1. The SMILES string of the molecule is CCOC(=O)N1CCC(N2CC/C(=C\C3=C(C(=O)OC(=O)C(F)(F)F)N4C(=O)[C@@H](NC(=O)/C(=N\O)c5csc(N)n5)[C@H]4SC3)C2=O)CC1. The molecule has 0 aromatic carbocycles. The zero-order valence-electron chi connectivity index (χ0n) is 25.0. The number of halogens is 3. The molecule has 0 aliphatic carbocycles. The molecule has 4 aliphatic rings. The number of oxime groups is 1. The van der Waals surface area contributed by atoms with Crippen LogP contribution in [0.1, 0.15) is 31.9 Å². The number of nitrogens with zero attached hydrogens (tertiary/aromatic N) is 5. The van der Waals surface area contributed by atoms with Crippen LogP contribution in [-0.4, -0.2) is 122 Å². The Kier molecular flexibility index (Phi) is 9.99. The van der Waals surface area contributed by atoms with Crippen molar-refractivity contribution in [1.82, 2.24) is 25.0 Å². The fourth-order valence-corrected chi connectivity index (χ4v) is 7.51. The number of hydrogen-bond donors (Lipinski definition) is 3. The molecule has 3 fully saturated rings. The second-order valence-electron chi connectivity index (χ2n) is 10.8. The van der Waals surface area contributed by atoms with Gasteiger partial charge in [-0.15, -0.1) is 23.1 Å². The summed E-state index contributed by atoms with van der Waals surface area (Å²) in [6.45, 7) is 2.97. The van der Waals surface area contributed by atoms with Gasteiger partial charge in [-0.1, -0.05) is 5.16 Å². The van der Waals surface area contributed by atoms with Crippen LogP contribution in [0.15, 0.2) is 33.5 Å². The van der Waals surface area contributed by atoms with E-state index < -0.39 is 58.8 Å². The Bertz CT molecular complexity index is 1640. The molecule has 0 spiro atoms. The molecule has 1 aromatic rings. The largest absolute Gasteiger partial charge is 0.491 e. The summed E-state index contributed by atoms with van der Waals surface area (Å²) in [5.41, 5.74) is 4.41. The third kappa shape index (κ3) is 6.82. The van der Waals surface area contributed by atoms with Gasteiger partial charge in [-0.2, -0.15) is 13.2 Å². The second kappa shape index (κ2) is 13.8. The fraction of sp³-hybridized carbons (Fsp3) is 0.481. The summed E-state index contributed by atoms with van der Waals surface area (Å²) in [4.78, 5) is 84.0. The topological polar surface area (TPSA) is 214 Å². The standard InChI is InChI=1S/C27H28F3N7O9S2/c1-2-45-26(43)35-6-4-14(5-7-35)36-8-3-12(20(36)39)9-13-10-47-22-17(33-19(38)16(34-44)15-11-48-25(31)32-15)21(40)37(22)18(13)23(41)46-24(42)27(28,29)30/h9,11,14,17,22,44H,2-8,10H2,1H3,(H2,31,32)(H,33,38)/b12-9+,34-16-/t17-,22-/m1/s1. The van der Waals surface area contributed by atoms with Gasteiger partial charge in [0, 0.05) is 42.4 Å². The number of nitrogen functional groups attached to an aromatic ring is 1. The number of fused-ring (bicyclic) bond motifs is 1. The maximum Gasteiger partial charge on any atom is 0.491 e. The lowest BCUT2D eigenvalue weighted by Crippen LogP contribution is -2.71. The zero-order valence-corrected chi connectivity index (χ0v) is 26.7. The van der Waals surface area contributed by atoms with E-state index in [-0.39, 0.29) is 52.7 Å². The van der Waals surface area contributed by atoms with Crippen molar-refractivity contribution in [2.24, 2.45) is 5.16 Å². The molecule has 258 valence electrons. The van der Waals surface area contributed by atoms with Gasteiger partial charge in [-0.3, -0.25) is 19.3 Å². The lowest BCUT2D eigenvalue weighted by molar-refractivity contribution is -0.201. The van der Waals surface area contributed by atoms with Gasteiger partial charge in [0.15, 0.2) is 10.8 Å². The maximum absolute atomic E-state index is 13.4. The first-order chi connectivity index (χ1) is 22.7. The van der Waals surface area contributed by atoms with Crippen molar-refractivity contribution in [3.05, 3.63) is 34.0 Å². The number of amides is 4. The number of anilines is 1. The van der Waals surface area contributed by atoms with Gasteiger partial charge in [-0.05, 0) is 37.8 Å². The summed E-state index contributed by atoms with van der Waals surface area (Å²) < 4.78 is 48.1. The second-order valence-corrected chi connectivity index (χ2v) is 12.8. The van der Waals surface area contributed by atoms with Crippen LogP contribution in [0.5, 0.6) is 0 Å². The lowest BCUT2D eigenvalue weighted by atomic mass is 10.0. The quantitative estimate of drug-likeness (QED) is 0.0685. The molecule has 16 nitrogen and oxygen atoms in total. The number of likely N-dealkylation sites (tertiary alicyclic amines) is 2. The van der Waals surface area contributed by atoms with Crippen molar-refractivity contribution in [2.45, 2.75) is 49.8 Å². The number of piperidine rings is 1. The van der Waals surface area contributed by atoms with E-state index in [4.69, 9.17) is 10.5 Å². The van der Waals surface area contributed by atoms with Crippen LogP contribution in [0.3, 0.4) is 0 Å². The number of carbonyl (C=O) groups is 6. The molecule has 4 amide bonds. The van der Waals surface area contributed by atoms with Crippen LogP contribution in [0.25, 0.3) is 0 Å². The first-order valence-corrected chi connectivity index (χ1v) is 16.4. The van der Waals surface area contributed by atoms with Crippen molar-refractivity contribution in [1.29, 1.82) is 0 Å². The number of alkyl halides is 3. The van der Waals surface area contributed by atoms with Crippen molar-refractivity contribution in [2.75, 3.05) is 37.7 Å². The Morgan fingerprint density at radius 3 is 2.52 bits per heavy atom. The highest BCUT2D eigenvalue weighted by atomic mass is 32.2. The van der Waals surface area contributed by atoms with Crippen LogP contribution in [0, 0.1) is 0 Å². The molecule has 0 bridgehead atoms. The van der Waals surface area contributed by atoms with Crippen molar-refractivity contribution >= 4 is 69.7 Å². The summed E-state index contributed by atoms with van der Waals surface area (Å²) in [6.07, 6.45) is -3.46. The lowest BCUT2D eigenvalue weighted by Gasteiger charge is -2.49. The average Bonchev–Trinajstić information content (AvgIpc) is 3.64. The Hall–Kier alpha value is -4.66. The first kappa shape index (κ1) is 34.7. The van der Waals surface area contributed by atoms with Crippen molar-refractivity contribution in [3.8, 4) is 0 Å². The van der Waals surface area contributed by atoms with Crippen LogP contribution >= 0.6 is 23.1 Å². The molecule has 1 aromatic heterocycles. The Morgan fingerprint density at radius 2 is 1.92 bits per heavy atom. The predicted molar refractivity (Wildman–Crippen MR) is 160 cm³/mol. The number of ether oxygens (including phenoxy) is 2. The third-order valence-corrected chi connectivity index (χ3v) is 9.89. The van der Waals surface area contributed by atoms with Gasteiger partial charge < -0.3 is 35.5 Å². The minimum atomic E-state index is -5.52. The van der Waals surface area contributed by atoms with Crippen LogP contribution < -0.4 is 11.1 Å². The molecule has 4 N–H and O–H groups in total. The number of carbonyl (C=O) groups excluding carboxylic acids is 6. The molecular formula is C27H28F3N7O9S2. The van der Waals surface area contributed by atoms with Gasteiger partial charge in [0.2, 0.25) is 5.91 Å². The van der Waals surface area contributed by atoms with Gasteiger partial charge in [0.25, 0.3) is 11.8 Å². The Labute approximate surface area is 277 Å². The highest BCUT2D eigenvalue weighted by Crippen LogP contribution is 2.42. The number of esters is 2. The number of thioether (sulfide) groups is 1. The van der Waals surface area contributed by atoms with Gasteiger partial charge in [0.05, 0.1) is 6.61 Å².